The van der Waals surface area contributed by atoms with Crippen molar-refractivity contribution in [3.8, 4) is 0 Å². The van der Waals surface area contributed by atoms with Gasteiger partial charge in [0.2, 0.25) is 10.0 Å². The van der Waals surface area contributed by atoms with Crippen LogP contribution in [0.1, 0.15) is 32.9 Å². The minimum Gasteiger partial charge on any atom is -0.353 e. The predicted molar refractivity (Wildman–Crippen MR) is 85.5 cm³/mol. The minimum absolute atomic E-state index is 0.326. The first-order chi connectivity index (χ1) is 9.82. The molecule has 1 fully saturated rings. The van der Waals surface area contributed by atoms with E-state index < -0.39 is 10.0 Å². The van der Waals surface area contributed by atoms with E-state index in [4.69, 9.17) is 0 Å². The van der Waals surface area contributed by atoms with E-state index in [2.05, 4.69) is 22.9 Å². The molecule has 2 atom stereocenters. The number of aromatic nitrogens is 1. The second-order valence-corrected chi connectivity index (χ2v) is 8.80. The lowest BCUT2D eigenvalue weighted by atomic mass is 9.95. The molecule has 2 heterocycles. The molecule has 120 valence electrons. The number of aryl methyl sites for hydroxylation is 1. The number of piperidine rings is 1. The maximum Gasteiger partial charge on any atom is 0.216 e. The molecule has 0 radical (unpaired) electrons. The van der Waals surface area contributed by atoms with E-state index in [1.54, 1.807) is 18.2 Å². The lowest BCUT2D eigenvalue weighted by molar-refractivity contribution is 0.217. The quantitative estimate of drug-likeness (QED) is 0.897. The summed E-state index contributed by atoms with van der Waals surface area (Å²) in [6, 6.07) is 4.52. The van der Waals surface area contributed by atoms with Crippen LogP contribution in [0.4, 0.5) is 0 Å². The van der Waals surface area contributed by atoms with E-state index in [9.17, 15) is 8.42 Å². The van der Waals surface area contributed by atoms with E-state index in [1.165, 1.54) is 5.69 Å². The Morgan fingerprint density at radius 2 is 2.14 bits per heavy atom. The van der Waals surface area contributed by atoms with Crippen LogP contribution in [0.3, 0.4) is 0 Å². The highest BCUT2D eigenvalue weighted by atomic mass is 32.2. The third-order valence-electron chi connectivity index (χ3n) is 4.42. The second-order valence-electron chi connectivity index (χ2n) is 6.32. The van der Waals surface area contributed by atoms with Gasteiger partial charge in [0.1, 0.15) is 0 Å². The van der Waals surface area contributed by atoms with Gasteiger partial charge in [0, 0.05) is 44.6 Å². The molecule has 2 rings (SSSR count). The summed E-state index contributed by atoms with van der Waals surface area (Å²) in [7, 11) is -1.08. The Bertz CT molecular complexity index is 565. The Morgan fingerprint density at radius 1 is 1.43 bits per heavy atom. The third kappa shape index (κ3) is 3.67. The molecule has 1 aliphatic rings. The van der Waals surface area contributed by atoms with Crippen LogP contribution < -0.4 is 5.32 Å². The molecule has 5 nitrogen and oxygen atoms in total. The van der Waals surface area contributed by atoms with Crippen molar-refractivity contribution in [2.24, 2.45) is 13.0 Å². The first-order valence-corrected chi connectivity index (χ1v) is 9.15. The number of rotatable bonds is 5. The monoisotopic (exact) mass is 313 g/mol. The van der Waals surface area contributed by atoms with Crippen molar-refractivity contribution in [1.82, 2.24) is 14.2 Å². The van der Waals surface area contributed by atoms with Crippen molar-refractivity contribution < 1.29 is 8.42 Å². The van der Waals surface area contributed by atoms with Crippen molar-refractivity contribution in [3.63, 3.8) is 0 Å². The number of nitrogens with one attached hydrogen (secondary N) is 1. The Labute approximate surface area is 128 Å². The van der Waals surface area contributed by atoms with Gasteiger partial charge in [-0.25, -0.2) is 12.7 Å². The largest absolute Gasteiger partial charge is 0.353 e. The van der Waals surface area contributed by atoms with E-state index in [-0.39, 0.29) is 5.25 Å². The second kappa shape index (κ2) is 6.50. The first kappa shape index (κ1) is 16.5. The molecule has 0 amide bonds. The molecule has 1 saturated heterocycles. The van der Waals surface area contributed by atoms with Gasteiger partial charge in [0.25, 0.3) is 0 Å². The van der Waals surface area contributed by atoms with Crippen molar-refractivity contribution in [3.05, 3.63) is 24.0 Å². The van der Waals surface area contributed by atoms with Gasteiger partial charge in [0.15, 0.2) is 0 Å². The van der Waals surface area contributed by atoms with Gasteiger partial charge in [-0.3, -0.25) is 0 Å². The minimum atomic E-state index is -3.12. The summed E-state index contributed by atoms with van der Waals surface area (Å²) in [4.78, 5) is 0. The summed E-state index contributed by atoms with van der Waals surface area (Å²) in [5.41, 5.74) is 1.25. The fraction of sp³-hybridized carbons (Fsp3) is 0.733. The van der Waals surface area contributed by atoms with Gasteiger partial charge < -0.3 is 9.88 Å². The summed E-state index contributed by atoms with van der Waals surface area (Å²) in [6.07, 6.45) is 2.91. The van der Waals surface area contributed by atoms with Crippen molar-refractivity contribution in [2.75, 3.05) is 13.1 Å². The van der Waals surface area contributed by atoms with E-state index in [0.717, 1.165) is 13.0 Å². The molecule has 0 aliphatic carbocycles. The van der Waals surface area contributed by atoms with Crippen LogP contribution in [0.2, 0.25) is 0 Å². The first-order valence-electron chi connectivity index (χ1n) is 7.65. The van der Waals surface area contributed by atoms with Gasteiger partial charge in [-0.2, -0.15) is 0 Å². The highest BCUT2D eigenvalue weighted by Gasteiger charge is 2.33. The lowest BCUT2D eigenvalue weighted by Crippen LogP contribution is -2.51. The van der Waals surface area contributed by atoms with Crippen molar-refractivity contribution in [1.29, 1.82) is 0 Å². The fourth-order valence-electron chi connectivity index (χ4n) is 2.86. The standard InChI is InChI=1S/C15H27N3O2S/c1-12(2)21(19,20)18-9-7-15(13(3)11-18)16-10-14-6-5-8-17(14)4/h5-6,8,12-13,15-16H,7,9-11H2,1-4H3. The molecule has 0 bridgehead atoms. The predicted octanol–water partition coefficient (Wildman–Crippen LogP) is 1.56. The van der Waals surface area contributed by atoms with E-state index in [0.29, 0.717) is 25.0 Å². The highest BCUT2D eigenvalue weighted by molar-refractivity contribution is 7.89. The molecule has 1 aromatic rings. The van der Waals surface area contributed by atoms with Crippen molar-refractivity contribution in [2.45, 2.75) is 45.0 Å². The molecule has 1 aliphatic heterocycles. The van der Waals surface area contributed by atoms with Gasteiger partial charge in [-0.15, -0.1) is 0 Å². The molecule has 1 N–H and O–H groups in total. The maximum absolute atomic E-state index is 12.2. The van der Waals surface area contributed by atoms with Crippen LogP contribution >= 0.6 is 0 Å². The molecule has 2 unspecified atom stereocenters. The molecular formula is C15H27N3O2S. The fourth-order valence-corrected chi connectivity index (χ4v) is 4.25. The Hall–Kier alpha value is -0.850. The molecule has 0 saturated carbocycles. The van der Waals surface area contributed by atoms with Crippen molar-refractivity contribution >= 4 is 10.0 Å². The topological polar surface area (TPSA) is 54.3 Å². The van der Waals surface area contributed by atoms with Crippen LogP contribution in [-0.4, -0.2) is 41.7 Å². The molecular weight excluding hydrogens is 286 g/mol. The van der Waals surface area contributed by atoms with E-state index in [1.807, 2.05) is 19.3 Å². The van der Waals surface area contributed by atoms with Crippen LogP contribution in [0, 0.1) is 5.92 Å². The number of nitrogens with zero attached hydrogens (tertiary/aromatic N) is 2. The zero-order valence-corrected chi connectivity index (χ0v) is 14.2. The lowest BCUT2D eigenvalue weighted by Gasteiger charge is -2.37. The molecule has 0 spiro atoms. The van der Waals surface area contributed by atoms with Crippen LogP contribution in [0.5, 0.6) is 0 Å². The zero-order chi connectivity index (χ0) is 15.6. The molecule has 6 heteroatoms. The Balaban J connectivity index is 1.91. The van der Waals surface area contributed by atoms with Crippen LogP contribution in [0.15, 0.2) is 18.3 Å². The molecule has 1 aromatic heterocycles. The normalized spacial score (nSPS) is 24.6. The Kier molecular flexibility index (Phi) is 5.11. The number of sulfonamides is 1. The summed E-state index contributed by atoms with van der Waals surface area (Å²) in [6.45, 7) is 7.70. The third-order valence-corrected chi connectivity index (χ3v) is 6.66. The van der Waals surface area contributed by atoms with Gasteiger partial charge >= 0.3 is 0 Å². The summed E-state index contributed by atoms with van der Waals surface area (Å²) in [5, 5.41) is 3.24. The summed E-state index contributed by atoms with van der Waals surface area (Å²) >= 11 is 0. The van der Waals surface area contributed by atoms with Gasteiger partial charge in [0.05, 0.1) is 5.25 Å². The summed E-state index contributed by atoms with van der Waals surface area (Å²) in [5.74, 6) is 0.326. The van der Waals surface area contributed by atoms with Gasteiger partial charge in [-0.1, -0.05) is 6.92 Å². The number of hydrogen-bond donors (Lipinski definition) is 1. The molecule has 21 heavy (non-hydrogen) atoms. The number of hydrogen-bond acceptors (Lipinski definition) is 3. The van der Waals surface area contributed by atoms with Gasteiger partial charge in [-0.05, 0) is 38.3 Å². The average molecular weight is 313 g/mol. The SMILES string of the molecule is CC1CN(S(=O)(=O)C(C)C)CCC1NCc1cccn1C. The molecule has 0 aromatic carbocycles. The van der Waals surface area contributed by atoms with Crippen LogP contribution in [-0.2, 0) is 23.6 Å². The van der Waals surface area contributed by atoms with Crippen LogP contribution in [0.25, 0.3) is 0 Å². The maximum atomic E-state index is 12.2. The van der Waals surface area contributed by atoms with E-state index >= 15 is 0 Å². The highest BCUT2D eigenvalue weighted by Crippen LogP contribution is 2.22. The summed E-state index contributed by atoms with van der Waals surface area (Å²) < 4.78 is 28.2. The smallest absolute Gasteiger partial charge is 0.216 e. The Morgan fingerprint density at radius 3 is 2.67 bits per heavy atom. The zero-order valence-electron chi connectivity index (χ0n) is 13.4. The average Bonchev–Trinajstić information content (AvgIpc) is 2.82.